The first-order valence-electron chi connectivity index (χ1n) is 11.6. The van der Waals surface area contributed by atoms with Gasteiger partial charge in [0.15, 0.2) is 0 Å². The number of aromatic nitrogens is 4. The topological polar surface area (TPSA) is 68.1 Å². The molecular weight excluding hydrogens is 400 g/mol. The van der Waals surface area contributed by atoms with Crippen LogP contribution in [0.15, 0.2) is 31.1 Å². The summed E-state index contributed by atoms with van der Waals surface area (Å²) in [4.78, 5) is 11.9. The number of anilines is 3. The predicted octanol–water partition coefficient (Wildman–Crippen LogP) is 5.07. The molecule has 0 aliphatic carbocycles. The van der Waals surface area contributed by atoms with Gasteiger partial charge in [-0.1, -0.05) is 13.5 Å². The van der Waals surface area contributed by atoms with Crippen molar-refractivity contribution < 1.29 is 4.74 Å². The molecule has 2 aliphatic heterocycles. The van der Waals surface area contributed by atoms with Gasteiger partial charge in [0, 0.05) is 42.7 Å². The molecule has 0 amide bonds. The van der Waals surface area contributed by atoms with Gasteiger partial charge in [0.05, 0.1) is 29.7 Å². The lowest BCUT2D eigenvalue weighted by molar-refractivity contribution is 0.134. The summed E-state index contributed by atoms with van der Waals surface area (Å²) < 4.78 is 7.56. The van der Waals surface area contributed by atoms with Crippen LogP contribution in [0.2, 0.25) is 0 Å². The van der Waals surface area contributed by atoms with E-state index in [9.17, 15) is 0 Å². The summed E-state index contributed by atoms with van der Waals surface area (Å²) in [6, 6.07) is 4.42. The van der Waals surface area contributed by atoms with Gasteiger partial charge in [-0.25, -0.2) is 14.6 Å². The third kappa shape index (κ3) is 3.75. The number of piperidine rings is 1. The van der Waals surface area contributed by atoms with Crippen LogP contribution < -0.4 is 10.2 Å². The van der Waals surface area contributed by atoms with Crippen LogP contribution in [0.25, 0.3) is 16.6 Å². The number of rotatable bonds is 5. The number of nitrogens with one attached hydrogen (secondary N) is 1. The molecule has 5 rings (SSSR count). The van der Waals surface area contributed by atoms with E-state index in [2.05, 4.69) is 52.9 Å². The van der Waals surface area contributed by atoms with Crippen molar-refractivity contribution in [1.82, 2.24) is 19.7 Å². The standard InChI is InChI=1S/C25H32N6O/c1-5-18(3)31-19(4)22(15-27-31)29-24-26-14-20-12-17(2)23(13-21(20)28-24)30-9-6-25(7-10-30)8-11-32-16-25/h12-15H,3,5-11,16H2,1-2,4H3,(H,26,28,29). The molecule has 2 aromatic heterocycles. The number of fused-ring (bicyclic) bond motifs is 1. The minimum atomic E-state index is 0.409. The summed E-state index contributed by atoms with van der Waals surface area (Å²) in [5.41, 5.74) is 6.77. The van der Waals surface area contributed by atoms with Crippen LogP contribution in [-0.4, -0.2) is 46.1 Å². The summed E-state index contributed by atoms with van der Waals surface area (Å²) in [7, 11) is 0. The van der Waals surface area contributed by atoms with E-state index in [1.807, 2.05) is 17.8 Å². The van der Waals surface area contributed by atoms with E-state index in [1.54, 1.807) is 6.20 Å². The third-order valence-electron chi connectivity index (χ3n) is 7.21. The first kappa shape index (κ1) is 20.9. The van der Waals surface area contributed by atoms with Crippen molar-refractivity contribution in [2.45, 2.75) is 46.5 Å². The SMILES string of the molecule is C=C(CC)n1ncc(Nc2ncc3cc(C)c(N4CCC5(CCOC5)CC4)cc3n2)c1C. The number of nitrogens with zero attached hydrogens (tertiary/aromatic N) is 5. The van der Waals surface area contributed by atoms with E-state index in [0.717, 1.165) is 60.7 Å². The first-order valence-corrected chi connectivity index (χ1v) is 11.6. The average Bonchev–Trinajstić information content (AvgIpc) is 3.40. The Morgan fingerprint density at radius 2 is 2.00 bits per heavy atom. The third-order valence-corrected chi connectivity index (χ3v) is 7.21. The van der Waals surface area contributed by atoms with Crippen molar-refractivity contribution >= 4 is 33.9 Å². The van der Waals surface area contributed by atoms with Crippen molar-refractivity contribution in [3.05, 3.63) is 42.4 Å². The zero-order valence-electron chi connectivity index (χ0n) is 19.3. The van der Waals surface area contributed by atoms with Gasteiger partial charge < -0.3 is 15.0 Å². The Bertz CT molecular complexity index is 1150. The molecular formula is C25H32N6O. The Morgan fingerprint density at radius 3 is 2.72 bits per heavy atom. The Morgan fingerprint density at radius 1 is 1.19 bits per heavy atom. The number of benzene rings is 1. The van der Waals surface area contributed by atoms with Gasteiger partial charge in [-0.3, -0.25) is 0 Å². The van der Waals surface area contributed by atoms with E-state index in [4.69, 9.17) is 9.72 Å². The number of hydrogen-bond donors (Lipinski definition) is 1. The van der Waals surface area contributed by atoms with Crippen LogP contribution in [0.4, 0.5) is 17.3 Å². The molecule has 0 saturated carbocycles. The van der Waals surface area contributed by atoms with Crippen LogP contribution in [0.1, 0.15) is 43.9 Å². The predicted molar refractivity (Wildman–Crippen MR) is 129 cm³/mol. The van der Waals surface area contributed by atoms with Gasteiger partial charge in [0.1, 0.15) is 0 Å². The van der Waals surface area contributed by atoms with Crippen LogP contribution >= 0.6 is 0 Å². The van der Waals surface area contributed by atoms with E-state index >= 15 is 0 Å². The second kappa shape index (κ2) is 8.20. The van der Waals surface area contributed by atoms with Gasteiger partial charge in [0.2, 0.25) is 5.95 Å². The number of aryl methyl sites for hydroxylation is 1. The number of ether oxygens (including phenoxy) is 1. The fourth-order valence-corrected chi connectivity index (χ4v) is 4.97. The fraction of sp³-hybridized carbons (Fsp3) is 0.480. The van der Waals surface area contributed by atoms with Crippen LogP contribution in [-0.2, 0) is 4.74 Å². The smallest absolute Gasteiger partial charge is 0.227 e. The molecule has 0 atom stereocenters. The molecule has 2 aliphatic rings. The van der Waals surface area contributed by atoms with Crippen molar-refractivity contribution in [1.29, 1.82) is 0 Å². The molecule has 1 N–H and O–H groups in total. The van der Waals surface area contributed by atoms with Gasteiger partial charge in [-0.2, -0.15) is 5.10 Å². The molecule has 2 fully saturated rings. The molecule has 0 unspecified atom stereocenters. The summed E-state index contributed by atoms with van der Waals surface area (Å²) in [6.07, 6.45) is 8.16. The lowest BCUT2D eigenvalue weighted by atomic mass is 9.78. The number of allylic oxidation sites excluding steroid dienone is 1. The molecule has 168 valence electrons. The van der Waals surface area contributed by atoms with E-state index in [-0.39, 0.29) is 0 Å². The maximum atomic E-state index is 5.70. The highest BCUT2D eigenvalue weighted by molar-refractivity contribution is 5.84. The Balaban J connectivity index is 1.39. The molecule has 0 radical (unpaired) electrons. The summed E-state index contributed by atoms with van der Waals surface area (Å²) in [5.74, 6) is 0.581. The molecule has 4 heterocycles. The van der Waals surface area contributed by atoms with E-state index in [0.29, 0.717) is 11.4 Å². The molecule has 7 heteroatoms. The Hall–Kier alpha value is -2.93. The highest BCUT2D eigenvalue weighted by atomic mass is 16.5. The van der Waals surface area contributed by atoms with Crippen LogP contribution in [0.5, 0.6) is 0 Å². The summed E-state index contributed by atoms with van der Waals surface area (Å²) >= 11 is 0. The average molecular weight is 433 g/mol. The van der Waals surface area contributed by atoms with E-state index in [1.165, 1.54) is 30.5 Å². The normalized spacial score (nSPS) is 17.9. The highest BCUT2D eigenvalue weighted by Crippen LogP contribution is 2.41. The van der Waals surface area contributed by atoms with Crippen LogP contribution in [0, 0.1) is 19.3 Å². The van der Waals surface area contributed by atoms with Gasteiger partial charge in [-0.05, 0) is 62.6 Å². The monoisotopic (exact) mass is 432 g/mol. The van der Waals surface area contributed by atoms with Crippen molar-refractivity contribution in [3.8, 4) is 0 Å². The van der Waals surface area contributed by atoms with Crippen LogP contribution in [0.3, 0.4) is 0 Å². The van der Waals surface area contributed by atoms with Gasteiger partial charge in [-0.15, -0.1) is 0 Å². The minimum Gasteiger partial charge on any atom is -0.381 e. The molecule has 0 bridgehead atoms. The second-order valence-electron chi connectivity index (χ2n) is 9.28. The Labute approximate surface area is 189 Å². The lowest BCUT2D eigenvalue weighted by Gasteiger charge is -2.40. The zero-order valence-corrected chi connectivity index (χ0v) is 19.3. The van der Waals surface area contributed by atoms with Gasteiger partial charge >= 0.3 is 0 Å². The summed E-state index contributed by atoms with van der Waals surface area (Å²) in [5, 5.41) is 8.84. The second-order valence-corrected chi connectivity index (χ2v) is 9.28. The van der Waals surface area contributed by atoms with Crippen molar-refractivity contribution in [3.63, 3.8) is 0 Å². The Kier molecular flexibility index (Phi) is 5.37. The maximum absolute atomic E-state index is 5.70. The minimum absolute atomic E-state index is 0.409. The lowest BCUT2D eigenvalue weighted by Crippen LogP contribution is -2.40. The molecule has 1 aromatic carbocycles. The zero-order chi connectivity index (χ0) is 22.3. The molecule has 1 spiro atoms. The molecule has 32 heavy (non-hydrogen) atoms. The van der Waals surface area contributed by atoms with Crippen molar-refractivity contribution in [2.24, 2.45) is 5.41 Å². The quantitative estimate of drug-likeness (QED) is 0.607. The van der Waals surface area contributed by atoms with Crippen molar-refractivity contribution in [2.75, 3.05) is 36.5 Å². The van der Waals surface area contributed by atoms with Gasteiger partial charge in [0.25, 0.3) is 0 Å². The number of hydrogen-bond acceptors (Lipinski definition) is 6. The first-order chi connectivity index (χ1) is 15.5. The molecule has 2 saturated heterocycles. The highest BCUT2D eigenvalue weighted by Gasteiger charge is 2.38. The fourth-order valence-electron chi connectivity index (χ4n) is 4.97. The molecule has 3 aromatic rings. The molecule has 7 nitrogen and oxygen atoms in total. The maximum Gasteiger partial charge on any atom is 0.227 e. The van der Waals surface area contributed by atoms with E-state index < -0.39 is 0 Å². The largest absolute Gasteiger partial charge is 0.381 e. The summed E-state index contributed by atoms with van der Waals surface area (Å²) in [6.45, 7) is 14.4.